The Bertz CT molecular complexity index is 442. The summed E-state index contributed by atoms with van der Waals surface area (Å²) in [5.41, 5.74) is 4.92. The molecule has 1 atom stereocenters. The molecule has 1 aromatic rings. The summed E-state index contributed by atoms with van der Waals surface area (Å²) >= 11 is 11.9. The first-order valence-electron chi connectivity index (χ1n) is 5.26. The van der Waals surface area contributed by atoms with Gasteiger partial charge in [0.15, 0.2) is 0 Å². The van der Waals surface area contributed by atoms with Gasteiger partial charge in [0.25, 0.3) is 0 Å². The number of nitrogens with zero attached hydrogens (tertiary/aromatic N) is 1. The highest BCUT2D eigenvalue weighted by molar-refractivity contribution is 6.37. The van der Waals surface area contributed by atoms with E-state index in [-0.39, 0.29) is 6.54 Å². The third-order valence-corrected chi connectivity index (χ3v) is 2.64. The summed E-state index contributed by atoms with van der Waals surface area (Å²) in [5.74, 6) is -0.0311. The number of primary amides is 1. The number of hydrogen-bond donors (Lipinski definition) is 4. The molecule has 18 heavy (non-hydrogen) atoms. The standard InChI is InChI=1S/C10H14Cl2N4O2/c1-2-14-9-5(11)3-6(12)10(16-9)15-4-7(17)8(13)18/h3,7,17H,2,4H2,1H3,(H2,13,18)(H2,14,15,16). The first kappa shape index (κ1) is 14.8. The van der Waals surface area contributed by atoms with Gasteiger partial charge in [0.05, 0.1) is 16.6 Å². The molecule has 1 heterocycles. The van der Waals surface area contributed by atoms with Crippen LogP contribution >= 0.6 is 23.2 Å². The largest absolute Gasteiger partial charge is 0.381 e. The minimum Gasteiger partial charge on any atom is -0.381 e. The number of amides is 1. The minimum absolute atomic E-state index is 0.0742. The van der Waals surface area contributed by atoms with Crippen molar-refractivity contribution in [2.24, 2.45) is 5.73 Å². The van der Waals surface area contributed by atoms with E-state index in [2.05, 4.69) is 15.6 Å². The van der Waals surface area contributed by atoms with Crippen molar-refractivity contribution in [1.29, 1.82) is 0 Å². The molecule has 0 bridgehead atoms. The zero-order valence-corrected chi connectivity index (χ0v) is 11.2. The summed E-state index contributed by atoms with van der Waals surface area (Å²) in [6.07, 6.45) is -1.30. The zero-order chi connectivity index (χ0) is 13.7. The van der Waals surface area contributed by atoms with Crippen LogP contribution in [0.4, 0.5) is 11.6 Å². The van der Waals surface area contributed by atoms with Gasteiger partial charge in [-0.05, 0) is 13.0 Å². The predicted molar refractivity (Wildman–Crippen MR) is 72.1 cm³/mol. The smallest absolute Gasteiger partial charge is 0.248 e. The Labute approximate surface area is 114 Å². The minimum atomic E-state index is -1.30. The van der Waals surface area contributed by atoms with Gasteiger partial charge in [-0.2, -0.15) is 0 Å². The van der Waals surface area contributed by atoms with E-state index >= 15 is 0 Å². The normalized spacial score (nSPS) is 12.0. The predicted octanol–water partition coefficient (Wildman–Crippen LogP) is 1.08. The third-order valence-electron chi connectivity index (χ3n) is 2.07. The third kappa shape index (κ3) is 3.90. The highest BCUT2D eigenvalue weighted by Gasteiger charge is 2.13. The maximum absolute atomic E-state index is 10.7. The Kier molecular flexibility index (Phi) is 5.46. The second-order valence-corrected chi connectivity index (χ2v) is 4.29. The fourth-order valence-corrected chi connectivity index (χ4v) is 1.67. The first-order valence-corrected chi connectivity index (χ1v) is 6.02. The van der Waals surface area contributed by atoms with Crippen molar-refractivity contribution < 1.29 is 9.90 Å². The zero-order valence-electron chi connectivity index (χ0n) is 9.70. The Morgan fingerprint density at radius 2 is 2.00 bits per heavy atom. The summed E-state index contributed by atoms with van der Waals surface area (Å²) in [5, 5.41) is 15.6. The van der Waals surface area contributed by atoms with Gasteiger partial charge in [0.1, 0.15) is 17.7 Å². The van der Waals surface area contributed by atoms with Crippen molar-refractivity contribution in [3.63, 3.8) is 0 Å². The molecular weight excluding hydrogens is 279 g/mol. The Balaban J connectivity index is 2.81. The molecule has 8 heteroatoms. The van der Waals surface area contributed by atoms with E-state index in [0.717, 1.165) is 0 Å². The summed E-state index contributed by atoms with van der Waals surface area (Å²) in [7, 11) is 0. The first-order chi connectivity index (χ1) is 8.45. The van der Waals surface area contributed by atoms with Crippen LogP contribution in [0.5, 0.6) is 0 Å². The molecule has 1 rings (SSSR count). The molecule has 0 aliphatic heterocycles. The van der Waals surface area contributed by atoms with Crippen molar-refractivity contribution in [1.82, 2.24) is 4.98 Å². The van der Waals surface area contributed by atoms with Gasteiger partial charge in [-0.3, -0.25) is 4.79 Å². The van der Waals surface area contributed by atoms with Gasteiger partial charge in [-0.15, -0.1) is 0 Å². The molecule has 100 valence electrons. The van der Waals surface area contributed by atoms with Crippen LogP contribution in [0.3, 0.4) is 0 Å². The molecule has 0 fully saturated rings. The maximum Gasteiger partial charge on any atom is 0.248 e. The molecule has 0 aliphatic rings. The van der Waals surface area contributed by atoms with Crippen molar-refractivity contribution in [2.75, 3.05) is 23.7 Å². The molecule has 1 aromatic heterocycles. The van der Waals surface area contributed by atoms with Crippen molar-refractivity contribution in [3.8, 4) is 0 Å². The quantitative estimate of drug-likeness (QED) is 0.629. The van der Waals surface area contributed by atoms with E-state index in [1.807, 2.05) is 6.92 Å². The molecule has 6 nitrogen and oxygen atoms in total. The molecule has 5 N–H and O–H groups in total. The number of halogens is 2. The fraction of sp³-hybridized carbons (Fsp3) is 0.400. The number of hydrogen-bond acceptors (Lipinski definition) is 5. The van der Waals surface area contributed by atoms with E-state index in [4.69, 9.17) is 28.9 Å². The summed E-state index contributed by atoms with van der Waals surface area (Å²) in [4.78, 5) is 14.8. The van der Waals surface area contributed by atoms with Crippen LogP contribution in [0.15, 0.2) is 6.07 Å². The molecule has 0 spiro atoms. The van der Waals surface area contributed by atoms with Gasteiger partial charge in [0, 0.05) is 6.54 Å². The summed E-state index contributed by atoms with van der Waals surface area (Å²) < 4.78 is 0. The lowest BCUT2D eigenvalue weighted by Gasteiger charge is -2.13. The Morgan fingerprint density at radius 3 is 2.50 bits per heavy atom. The van der Waals surface area contributed by atoms with E-state index in [1.54, 1.807) is 0 Å². The second kappa shape index (κ2) is 6.63. The number of aliphatic hydroxyl groups is 1. The Morgan fingerprint density at radius 1 is 1.44 bits per heavy atom. The van der Waals surface area contributed by atoms with E-state index < -0.39 is 12.0 Å². The van der Waals surface area contributed by atoms with Gasteiger partial charge < -0.3 is 21.5 Å². The summed E-state index contributed by atoms with van der Waals surface area (Å²) in [6, 6.07) is 1.52. The van der Waals surface area contributed by atoms with Crippen LogP contribution in [0, 0.1) is 0 Å². The number of nitrogens with two attached hydrogens (primary N) is 1. The van der Waals surface area contributed by atoms with E-state index in [1.165, 1.54) is 6.07 Å². The van der Waals surface area contributed by atoms with Crippen molar-refractivity contribution in [3.05, 3.63) is 16.1 Å². The average Bonchev–Trinajstić information content (AvgIpc) is 2.30. The van der Waals surface area contributed by atoms with E-state index in [9.17, 15) is 9.90 Å². The average molecular weight is 293 g/mol. The van der Waals surface area contributed by atoms with Crippen LogP contribution < -0.4 is 16.4 Å². The number of carbonyl (C=O) groups is 1. The highest BCUT2D eigenvalue weighted by atomic mass is 35.5. The second-order valence-electron chi connectivity index (χ2n) is 3.48. The molecule has 1 unspecified atom stereocenters. The maximum atomic E-state index is 10.7. The number of carbonyl (C=O) groups excluding carboxylic acids is 1. The lowest BCUT2D eigenvalue weighted by molar-refractivity contribution is -0.125. The van der Waals surface area contributed by atoms with Crippen LogP contribution in [-0.4, -0.2) is 35.2 Å². The monoisotopic (exact) mass is 292 g/mol. The van der Waals surface area contributed by atoms with Gasteiger partial charge in [0.2, 0.25) is 5.91 Å². The molecule has 1 amide bonds. The van der Waals surface area contributed by atoms with Crippen LogP contribution in [0.2, 0.25) is 10.0 Å². The number of aromatic nitrogens is 1. The molecule has 0 saturated carbocycles. The number of anilines is 2. The lowest BCUT2D eigenvalue weighted by Crippen LogP contribution is -2.34. The molecule has 0 aromatic carbocycles. The highest BCUT2D eigenvalue weighted by Crippen LogP contribution is 2.28. The number of aliphatic hydroxyl groups excluding tert-OH is 1. The molecule has 0 aliphatic carbocycles. The van der Waals surface area contributed by atoms with Gasteiger partial charge in [-0.25, -0.2) is 4.98 Å². The van der Waals surface area contributed by atoms with Crippen molar-refractivity contribution >= 4 is 40.7 Å². The molecular formula is C10H14Cl2N4O2. The number of rotatable bonds is 6. The number of pyridine rings is 1. The lowest BCUT2D eigenvalue weighted by atomic mass is 10.3. The van der Waals surface area contributed by atoms with E-state index in [0.29, 0.717) is 28.2 Å². The number of nitrogens with one attached hydrogen (secondary N) is 2. The summed E-state index contributed by atoms with van der Waals surface area (Å²) in [6.45, 7) is 2.48. The Hall–Kier alpha value is -1.24. The van der Waals surface area contributed by atoms with Crippen LogP contribution in [0.1, 0.15) is 6.92 Å². The van der Waals surface area contributed by atoms with Crippen LogP contribution in [0.25, 0.3) is 0 Å². The molecule has 0 radical (unpaired) electrons. The van der Waals surface area contributed by atoms with Crippen LogP contribution in [-0.2, 0) is 4.79 Å². The van der Waals surface area contributed by atoms with Gasteiger partial charge in [-0.1, -0.05) is 23.2 Å². The fourth-order valence-electron chi connectivity index (χ4n) is 1.18. The topological polar surface area (TPSA) is 100 Å². The SMILES string of the molecule is CCNc1nc(NCC(O)C(N)=O)c(Cl)cc1Cl. The molecule has 0 saturated heterocycles. The van der Waals surface area contributed by atoms with Gasteiger partial charge >= 0.3 is 0 Å². The van der Waals surface area contributed by atoms with Crippen molar-refractivity contribution in [2.45, 2.75) is 13.0 Å².